The van der Waals surface area contributed by atoms with E-state index in [9.17, 15) is 4.79 Å². The van der Waals surface area contributed by atoms with Gasteiger partial charge in [0.2, 0.25) is 6.41 Å². The van der Waals surface area contributed by atoms with Crippen LogP contribution in [0.3, 0.4) is 0 Å². The van der Waals surface area contributed by atoms with Gasteiger partial charge in [-0.1, -0.05) is 37.3 Å². The van der Waals surface area contributed by atoms with Crippen LogP contribution in [0.25, 0.3) is 0 Å². The zero-order valence-electron chi connectivity index (χ0n) is 8.57. The molecule has 14 heavy (non-hydrogen) atoms. The molecule has 1 aromatic carbocycles. The molecule has 0 saturated carbocycles. The van der Waals surface area contributed by atoms with Gasteiger partial charge < -0.3 is 5.32 Å². The van der Waals surface area contributed by atoms with Crippen molar-refractivity contribution in [2.24, 2.45) is 0 Å². The lowest BCUT2D eigenvalue weighted by molar-refractivity contribution is -0.109. The summed E-state index contributed by atoms with van der Waals surface area (Å²) in [5, 5.41) is 2.67. The summed E-state index contributed by atoms with van der Waals surface area (Å²) in [6, 6.07) is 10.5. The molecule has 2 heteroatoms. The number of hydrogen-bond acceptors (Lipinski definition) is 1. The zero-order chi connectivity index (χ0) is 10.2. The third-order valence-electron chi connectivity index (χ3n) is 2.41. The van der Waals surface area contributed by atoms with Gasteiger partial charge in [-0.2, -0.15) is 0 Å². The van der Waals surface area contributed by atoms with E-state index in [0.29, 0.717) is 5.92 Å². The van der Waals surface area contributed by atoms with Gasteiger partial charge in [-0.3, -0.25) is 4.79 Å². The second kappa shape index (κ2) is 6.19. The van der Waals surface area contributed by atoms with E-state index >= 15 is 0 Å². The van der Waals surface area contributed by atoms with Crippen LogP contribution < -0.4 is 5.32 Å². The molecule has 0 fully saturated rings. The highest BCUT2D eigenvalue weighted by atomic mass is 16.1. The van der Waals surface area contributed by atoms with Crippen LogP contribution in [0.4, 0.5) is 0 Å². The molecule has 2 nitrogen and oxygen atoms in total. The minimum Gasteiger partial charge on any atom is -0.359 e. The van der Waals surface area contributed by atoms with Crippen molar-refractivity contribution in [3.63, 3.8) is 0 Å². The SMILES string of the molecule is CC(CCCNC=O)c1ccccc1. The summed E-state index contributed by atoms with van der Waals surface area (Å²) in [5.41, 5.74) is 1.37. The third kappa shape index (κ3) is 3.60. The molecular weight excluding hydrogens is 174 g/mol. The summed E-state index contributed by atoms with van der Waals surface area (Å²) >= 11 is 0. The van der Waals surface area contributed by atoms with Crippen LogP contribution in [-0.4, -0.2) is 13.0 Å². The highest BCUT2D eigenvalue weighted by Crippen LogP contribution is 2.19. The molecular formula is C12H17NO. The van der Waals surface area contributed by atoms with Crippen LogP contribution >= 0.6 is 0 Å². The molecule has 1 unspecified atom stereocenters. The zero-order valence-corrected chi connectivity index (χ0v) is 8.57. The predicted octanol–water partition coefficient (Wildman–Crippen LogP) is 2.32. The Morgan fingerprint density at radius 1 is 1.36 bits per heavy atom. The normalized spacial score (nSPS) is 12.1. The molecule has 0 heterocycles. The maximum atomic E-state index is 10.0. The van der Waals surface area contributed by atoms with Crippen molar-refractivity contribution in [2.75, 3.05) is 6.54 Å². The van der Waals surface area contributed by atoms with Gasteiger partial charge in [0.05, 0.1) is 0 Å². The average molecular weight is 191 g/mol. The van der Waals surface area contributed by atoms with Crippen molar-refractivity contribution in [3.05, 3.63) is 35.9 Å². The molecule has 0 aliphatic rings. The second-order valence-corrected chi connectivity index (χ2v) is 3.53. The topological polar surface area (TPSA) is 29.1 Å². The lowest BCUT2D eigenvalue weighted by Crippen LogP contribution is -2.12. The summed E-state index contributed by atoms with van der Waals surface area (Å²) < 4.78 is 0. The van der Waals surface area contributed by atoms with E-state index in [2.05, 4.69) is 36.5 Å². The number of benzene rings is 1. The molecule has 0 radical (unpaired) electrons. The molecule has 1 aromatic rings. The van der Waals surface area contributed by atoms with Crippen molar-refractivity contribution < 1.29 is 4.79 Å². The molecule has 1 rings (SSSR count). The average Bonchev–Trinajstić information content (AvgIpc) is 2.25. The molecule has 0 bridgehead atoms. The molecule has 76 valence electrons. The molecule has 1 amide bonds. The Hall–Kier alpha value is -1.31. The molecule has 0 aromatic heterocycles. The fourth-order valence-electron chi connectivity index (χ4n) is 1.52. The number of amides is 1. The fraction of sp³-hybridized carbons (Fsp3) is 0.417. The van der Waals surface area contributed by atoms with E-state index in [4.69, 9.17) is 0 Å². The van der Waals surface area contributed by atoms with Crippen LogP contribution in [0.2, 0.25) is 0 Å². The van der Waals surface area contributed by atoms with Gasteiger partial charge in [-0.15, -0.1) is 0 Å². The van der Waals surface area contributed by atoms with Crippen molar-refractivity contribution in [1.29, 1.82) is 0 Å². The molecule has 0 spiro atoms. The molecule has 0 saturated heterocycles. The van der Waals surface area contributed by atoms with E-state index in [1.807, 2.05) is 6.07 Å². The summed E-state index contributed by atoms with van der Waals surface area (Å²) in [5.74, 6) is 0.574. The first-order chi connectivity index (χ1) is 6.84. The minimum absolute atomic E-state index is 0.574. The minimum atomic E-state index is 0.574. The molecule has 0 aliphatic carbocycles. The summed E-state index contributed by atoms with van der Waals surface area (Å²) in [6.07, 6.45) is 2.91. The van der Waals surface area contributed by atoms with E-state index in [0.717, 1.165) is 25.8 Å². The van der Waals surface area contributed by atoms with Gasteiger partial charge in [0, 0.05) is 6.54 Å². The van der Waals surface area contributed by atoms with Gasteiger partial charge in [-0.05, 0) is 24.3 Å². The van der Waals surface area contributed by atoms with Gasteiger partial charge in [0.1, 0.15) is 0 Å². The van der Waals surface area contributed by atoms with Gasteiger partial charge in [0.25, 0.3) is 0 Å². The monoisotopic (exact) mass is 191 g/mol. The van der Waals surface area contributed by atoms with E-state index in [-0.39, 0.29) is 0 Å². The van der Waals surface area contributed by atoms with Crippen molar-refractivity contribution >= 4 is 6.41 Å². The second-order valence-electron chi connectivity index (χ2n) is 3.53. The lowest BCUT2D eigenvalue weighted by Gasteiger charge is -2.10. The Morgan fingerprint density at radius 3 is 2.71 bits per heavy atom. The van der Waals surface area contributed by atoms with Crippen LogP contribution in [0.15, 0.2) is 30.3 Å². The highest BCUT2D eigenvalue weighted by Gasteiger charge is 2.03. The van der Waals surface area contributed by atoms with E-state index in [1.165, 1.54) is 5.56 Å². The number of nitrogens with one attached hydrogen (secondary N) is 1. The fourth-order valence-corrected chi connectivity index (χ4v) is 1.52. The highest BCUT2D eigenvalue weighted by molar-refractivity contribution is 5.45. The summed E-state index contributed by atoms with van der Waals surface area (Å²) in [4.78, 5) is 10.0. The Morgan fingerprint density at radius 2 is 2.07 bits per heavy atom. The number of carbonyl (C=O) groups is 1. The maximum absolute atomic E-state index is 10.0. The molecule has 0 aliphatic heterocycles. The Kier molecular flexibility index (Phi) is 4.76. The van der Waals surface area contributed by atoms with Crippen molar-refractivity contribution in [2.45, 2.75) is 25.7 Å². The number of rotatable bonds is 6. The Balaban J connectivity index is 2.28. The number of carbonyl (C=O) groups excluding carboxylic acids is 1. The van der Waals surface area contributed by atoms with Crippen LogP contribution in [0.5, 0.6) is 0 Å². The lowest BCUT2D eigenvalue weighted by atomic mass is 9.96. The summed E-state index contributed by atoms with van der Waals surface area (Å²) in [7, 11) is 0. The first kappa shape index (κ1) is 10.8. The largest absolute Gasteiger partial charge is 0.359 e. The standard InChI is InChI=1S/C12H17NO/c1-11(6-5-9-13-10-14)12-7-3-2-4-8-12/h2-4,7-8,10-11H,5-6,9H2,1H3,(H,13,14). The van der Waals surface area contributed by atoms with E-state index in [1.54, 1.807) is 0 Å². The van der Waals surface area contributed by atoms with Crippen molar-refractivity contribution in [1.82, 2.24) is 5.32 Å². The smallest absolute Gasteiger partial charge is 0.207 e. The quantitative estimate of drug-likeness (QED) is 0.542. The van der Waals surface area contributed by atoms with Crippen molar-refractivity contribution in [3.8, 4) is 0 Å². The first-order valence-electron chi connectivity index (χ1n) is 5.06. The third-order valence-corrected chi connectivity index (χ3v) is 2.41. The number of hydrogen-bond donors (Lipinski definition) is 1. The first-order valence-corrected chi connectivity index (χ1v) is 5.06. The Labute approximate surface area is 85.3 Å². The van der Waals surface area contributed by atoms with Crippen LogP contribution in [-0.2, 0) is 4.79 Å². The van der Waals surface area contributed by atoms with Gasteiger partial charge >= 0.3 is 0 Å². The molecule has 1 atom stereocenters. The van der Waals surface area contributed by atoms with Crippen LogP contribution in [0, 0.1) is 0 Å². The van der Waals surface area contributed by atoms with Crippen LogP contribution in [0.1, 0.15) is 31.2 Å². The van der Waals surface area contributed by atoms with Gasteiger partial charge in [0.15, 0.2) is 0 Å². The molecule has 1 N–H and O–H groups in total. The summed E-state index contributed by atoms with van der Waals surface area (Å²) in [6.45, 7) is 3.00. The van der Waals surface area contributed by atoms with E-state index < -0.39 is 0 Å². The Bertz CT molecular complexity index is 258. The maximum Gasteiger partial charge on any atom is 0.207 e. The van der Waals surface area contributed by atoms with Gasteiger partial charge in [-0.25, -0.2) is 0 Å². The predicted molar refractivity (Wildman–Crippen MR) is 58.2 cm³/mol.